The Bertz CT molecular complexity index is 527. The smallest absolute Gasteiger partial charge is 0.341 e. The number of benzene rings is 1. The molecule has 9 nitrogen and oxygen atoms in total. The Kier molecular flexibility index (Phi) is 6.64. The van der Waals surface area contributed by atoms with E-state index in [1.807, 2.05) is 0 Å². The fourth-order valence-corrected chi connectivity index (χ4v) is 1.39. The molecule has 0 bridgehead atoms. The van der Waals surface area contributed by atoms with Crippen molar-refractivity contribution in [3.05, 3.63) is 24.3 Å². The van der Waals surface area contributed by atoms with Gasteiger partial charge in [0.25, 0.3) is 0 Å². The van der Waals surface area contributed by atoms with Crippen molar-refractivity contribution in [3.8, 4) is 11.5 Å². The summed E-state index contributed by atoms with van der Waals surface area (Å²) in [5.74, 6) is -2.86. The maximum Gasteiger partial charge on any atom is 0.341 e. The van der Waals surface area contributed by atoms with Crippen LogP contribution in [0.4, 0.5) is 0 Å². The summed E-state index contributed by atoms with van der Waals surface area (Å²) in [4.78, 5) is 36.7. The van der Waals surface area contributed by atoms with Crippen LogP contribution in [0.3, 0.4) is 0 Å². The minimum absolute atomic E-state index is 0.134. The van der Waals surface area contributed by atoms with Crippen molar-refractivity contribution in [2.24, 2.45) is 0 Å². The van der Waals surface area contributed by atoms with Gasteiger partial charge in [-0.3, -0.25) is 9.59 Å². The third kappa shape index (κ3) is 6.57. The summed E-state index contributed by atoms with van der Waals surface area (Å²) in [5.41, 5.74) is 2.26. The monoisotopic (exact) mass is 313 g/mol. The van der Waals surface area contributed by atoms with Crippen LogP contribution in [0.2, 0.25) is 0 Å². The largest absolute Gasteiger partial charge is 0.482 e. The molecule has 0 saturated carbocycles. The van der Waals surface area contributed by atoms with E-state index in [9.17, 15) is 14.4 Å². The SMILES string of the molecule is O=C(O)CCC(NOc1ccc(OCC(=O)O)cc1)C(=O)O. The summed E-state index contributed by atoms with van der Waals surface area (Å²) in [6.07, 6.45) is -0.445. The molecule has 9 heteroatoms. The molecule has 0 heterocycles. The zero-order valence-electron chi connectivity index (χ0n) is 11.4. The number of nitrogens with one attached hydrogen (secondary N) is 1. The van der Waals surface area contributed by atoms with E-state index < -0.39 is 30.6 Å². The summed E-state index contributed by atoms with van der Waals surface area (Å²) in [6.45, 7) is -0.477. The summed E-state index contributed by atoms with van der Waals surface area (Å²) >= 11 is 0. The maximum absolute atomic E-state index is 10.9. The van der Waals surface area contributed by atoms with Crippen LogP contribution < -0.4 is 15.1 Å². The van der Waals surface area contributed by atoms with Gasteiger partial charge in [-0.1, -0.05) is 0 Å². The molecule has 0 fully saturated rings. The van der Waals surface area contributed by atoms with Gasteiger partial charge in [0.15, 0.2) is 6.61 Å². The quantitative estimate of drug-likeness (QED) is 0.450. The molecule has 0 aliphatic rings. The van der Waals surface area contributed by atoms with E-state index in [1.165, 1.54) is 24.3 Å². The minimum atomic E-state index is -1.23. The van der Waals surface area contributed by atoms with E-state index in [-0.39, 0.29) is 18.6 Å². The Balaban J connectivity index is 2.49. The Morgan fingerprint density at radius 2 is 1.59 bits per heavy atom. The third-order valence-electron chi connectivity index (χ3n) is 2.45. The number of rotatable bonds is 10. The molecule has 0 aromatic heterocycles. The summed E-state index contributed by atoms with van der Waals surface area (Å²) < 4.78 is 4.92. The van der Waals surface area contributed by atoms with Crippen LogP contribution in [0.15, 0.2) is 24.3 Å². The molecule has 0 radical (unpaired) electrons. The number of carbonyl (C=O) groups is 3. The number of hydrogen-bond donors (Lipinski definition) is 4. The molecule has 4 N–H and O–H groups in total. The van der Waals surface area contributed by atoms with E-state index >= 15 is 0 Å². The van der Waals surface area contributed by atoms with Crippen LogP contribution in [0, 0.1) is 0 Å². The van der Waals surface area contributed by atoms with Gasteiger partial charge in [-0.2, -0.15) is 0 Å². The summed E-state index contributed by atoms with van der Waals surface area (Å²) in [7, 11) is 0. The highest BCUT2D eigenvalue weighted by Crippen LogP contribution is 2.17. The fraction of sp³-hybridized carbons (Fsp3) is 0.308. The predicted molar refractivity (Wildman–Crippen MR) is 71.6 cm³/mol. The van der Waals surface area contributed by atoms with Gasteiger partial charge in [0.2, 0.25) is 0 Å². The highest BCUT2D eigenvalue weighted by Gasteiger charge is 2.19. The first-order valence-corrected chi connectivity index (χ1v) is 6.20. The topological polar surface area (TPSA) is 142 Å². The molecule has 0 saturated heterocycles. The highest BCUT2D eigenvalue weighted by molar-refractivity contribution is 5.74. The number of hydrogen-bond acceptors (Lipinski definition) is 6. The van der Waals surface area contributed by atoms with Crippen molar-refractivity contribution >= 4 is 17.9 Å². The second-order valence-electron chi connectivity index (χ2n) is 4.20. The Morgan fingerprint density at radius 3 is 2.09 bits per heavy atom. The number of ether oxygens (including phenoxy) is 1. The van der Waals surface area contributed by atoms with Crippen molar-refractivity contribution in [1.82, 2.24) is 5.48 Å². The van der Waals surface area contributed by atoms with Gasteiger partial charge in [-0.25, -0.2) is 4.79 Å². The molecule has 22 heavy (non-hydrogen) atoms. The molecule has 0 aliphatic heterocycles. The van der Waals surface area contributed by atoms with Crippen LogP contribution in [-0.2, 0) is 14.4 Å². The molecule has 1 atom stereocenters. The van der Waals surface area contributed by atoms with Gasteiger partial charge in [0, 0.05) is 6.42 Å². The summed E-state index contributed by atoms with van der Waals surface area (Å²) in [6, 6.07) is 4.62. The van der Waals surface area contributed by atoms with Crippen LogP contribution in [0.25, 0.3) is 0 Å². The maximum atomic E-state index is 10.9. The lowest BCUT2D eigenvalue weighted by Gasteiger charge is -2.14. The van der Waals surface area contributed by atoms with Crippen molar-refractivity contribution in [1.29, 1.82) is 0 Å². The molecule has 0 spiro atoms. The van der Waals surface area contributed by atoms with Gasteiger partial charge in [-0.05, 0) is 30.7 Å². The second kappa shape index (κ2) is 8.47. The third-order valence-corrected chi connectivity index (χ3v) is 2.45. The molecule has 1 rings (SSSR count). The molecule has 1 aromatic carbocycles. The molecule has 1 aromatic rings. The number of carboxylic acids is 3. The van der Waals surface area contributed by atoms with Crippen molar-refractivity contribution < 1.29 is 39.3 Å². The van der Waals surface area contributed by atoms with E-state index in [2.05, 4.69) is 5.48 Å². The van der Waals surface area contributed by atoms with E-state index in [0.29, 0.717) is 5.75 Å². The molecule has 0 aliphatic carbocycles. The molecule has 1 unspecified atom stereocenters. The predicted octanol–water partition coefficient (Wildman–Crippen LogP) is 0.351. The van der Waals surface area contributed by atoms with Crippen molar-refractivity contribution in [2.45, 2.75) is 18.9 Å². The lowest BCUT2D eigenvalue weighted by atomic mass is 10.2. The first-order valence-electron chi connectivity index (χ1n) is 6.20. The number of aliphatic carboxylic acids is 3. The Morgan fingerprint density at radius 1 is 1.00 bits per heavy atom. The van der Waals surface area contributed by atoms with E-state index in [0.717, 1.165) is 0 Å². The lowest BCUT2D eigenvalue weighted by Crippen LogP contribution is -2.39. The molecular formula is C13H15NO8. The Labute approximate surface area is 125 Å². The van der Waals surface area contributed by atoms with Crippen LogP contribution in [0.1, 0.15) is 12.8 Å². The van der Waals surface area contributed by atoms with Crippen LogP contribution in [-0.4, -0.2) is 45.9 Å². The van der Waals surface area contributed by atoms with Gasteiger partial charge in [0.05, 0.1) is 0 Å². The first kappa shape index (κ1) is 17.2. The van der Waals surface area contributed by atoms with Gasteiger partial charge in [-0.15, -0.1) is 5.48 Å². The van der Waals surface area contributed by atoms with Gasteiger partial charge < -0.3 is 24.9 Å². The lowest BCUT2D eigenvalue weighted by molar-refractivity contribution is -0.143. The van der Waals surface area contributed by atoms with Gasteiger partial charge in [0.1, 0.15) is 17.5 Å². The zero-order chi connectivity index (χ0) is 16.5. The van der Waals surface area contributed by atoms with E-state index in [4.69, 9.17) is 24.9 Å². The normalized spacial score (nSPS) is 11.5. The van der Waals surface area contributed by atoms with E-state index in [1.54, 1.807) is 0 Å². The Hall–Kier alpha value is -2.81. The van der Waals surface area contributed by atoms with Crippen LogP contribution in [0.5, 0.6) is 11.5 Å². The fourth-order valence-electron chi connectivity index (χ4n) is 1.39. The zero-order valence-corrected chi connectivity index (χ0v) is 11.4. The summed E-state index contributed by atoms with van der Waals surface area (Å²) in [5, 5.41) is 25.9. The standard InChI is InChI=1S/C13H15NO8/c15-11(16)6-5-10(13(19)20)14-22-9-3-1-8(2-4-9)21-7-12(17)18/h1-4,10,14H,5-7H2,(H,15,16)(H,17,18)(H,19,20). The highest BCUT2D eigenvalue weighted by atomic mass is 16.6. The molecule has 0 amide bonds. The minimum Gasteiger partial charge on any atom is -0.482 e. The molecule has 120 valence electrons. The average molecular weight is 313 g/mol. The van der Waals surface area contributed by atoms with Gasteiger partial charge >= 0.3 is 17.9 Å². The van der Waals surface area contributed by atoms with Crippen molar-refractivity contribution in [2.75, 3.05) is 6.61 Å². The van der Waals surface area contributed by atoms with Crippen molar-refractivity contribution in [3.63, 3.8) is 0 Å². The number of hydroxylamine groups is 1. The second-order valence-corrected chi connectivity index (χ2v) is 4.20. The molecular weight excluding hydrogens is 298 g/mol. The van der Waals surface area contributed by atoms with Crippen LogP contribution >= 0.6 is 0 Å². The first-order chi connectivity index (χ1) is 10.4. The number of carboxylic acid groups (broad SMARTS) is 3. The average Bonchev–Trinajstić information content (AvgIpc) is 2.45.